The number of rotatable bonds is 5. The van der Waals surface area contributed by atoms with Gasteiger partial charge in [-0.25, -0.2) is 4.79 Å². The molecule has 0 saturated heterocycles. The molecule has 0 aliphatic heterocycles. The van der Waals surface area contributed by atoms with Crippen LogP contribution in [-0.4, -0.2) is 36.2 Å². The molecule has 0 atom stereocenters. The number of benzene rings is 1. The van der Waals surface area contributed by atoms with Gasteiger partial charge in [-0.1, -0.05) is 30.9 Å². The molecule has 0 aromatic heterocycles. The zero-order valence-corrected chi connectivity index (χ0v) is 12.1. The minimum atomic E-state index is -0.0568. The van der Waals surface area contributed by atoms with Crippen molar-refractivity contribution in [3.8, 4) is 11.8 Å². The summed E-state index contributed by atoms with van der Waals surface area (Å²) in [4.78, 5) is 13.4. The lowest BCUT2D eigenvalue weighted by Crippen LogP contribution is -2.37. The number of carbonyl (C=O) groups excluding carboxylic acids is 1. The SMILES string of the molecule is CCCNC(=O)N(C)Cc1ccc(C#CCCO)cc1. The molecule has 20 heavy (non-hydrogen) atoms. The molecule has 1 aromatic carbocycles. The largest absolute Gasteiger partial charge is 0.395 e. The Morgan fingerprint density at radius 2 is 2.05 bits per heavy atom. The third-order valence-electron chi connectivity index (χ3n) is 2.72. The third-order valence-corrected chi connectivity index (χ3v) is 2.72. The van der Waals surface area contributed by atoms with Crippen molar-refractivity contribution in [1.29, 1.82) is 0 Å². The number of hydrogen-bond acceptors (Lipinski definition) is 2. The number of aliphatic hydroxyl groups is 1. The summed E-state index contributed by atoms with van der Waals surface area (Å²) >= 11 is 0. The molecule has 1 rings (SSSR count). The second-order valence-electron chi connectivity index (χ2n) is 4.56. The summed E-state index contributed by atoms with van der Waals surface area (Å²) in [5.74, 6) is 5.85. The molecule has 1 aromatic rings. The Morgan fingerprint density at radius 1 is 1.35 bits per heavy atom. The van der Waals surface area contributed by atoms with Crippen molar-refractivity contribution in [2.75, 3.05) is 20.2 Å². The van der Waals surface area contributed by atoms with Gasteiger partial charge in [0.2, 0.25) is 0 Å². The summed E-state index contributed by atoms with van der Waals surface area (Å²) in [7, 11) is 1.78. The van der Waals surface area contributed by atoms with E-state index in [0.717, 1.165) is 17.5 Å². The van der Waals surface area contributed by atoms with E-state index in [2.05, 4.69) is 17.2 Å². The predicted molar refractivity (Wildman–Crippen MR) is 80.2 cm³/mol. The number of hydrogen-bond donors (Lipinski definition) is 2. The fourth-order valence-corrected chi connectivity index (χ4v) is 1.63. The molecule has 0 aliphatic carbocycles. The van der Waals surface area contributed by atoms with Crippen LogP contribution >= 0.6 is 0 Å². The van der Waals surface area contributed by atoms with Crippen molar-refractivity contribution in [1.82, 2.24) is 10.2 Å². The van der Waals surface area contributed by atoms with E-state index in [1.807, 2.05) is 31.2 Å². The van der Waals surface area contributed by atoms with Gasteiger partial charge in [-0.2, -0.15) is 0 Å². The van der Waals surface area contributed by atoms with Crippen LogP contribution in [0.4, 0.5) is 4.79 Å². The average Bonchev–Trinajstić information content (AvgIpc) is 2.46. The van der Waals surface area contributed by atoms with Crippen molar-refractivity contribution in [2.45, 2.75) is 26.3 Å². The normalized spacial score (nSPS) is 9.55. The lowest BCUT2D eigenvalue weighted by molar-refractivity contribution is 0.207. The maximum atomic E-state index is 11.7. The van der Waals surface area contributed by atoms with E-state index in [1.165, 1.54) is 0 Å². The summed E-state index contributed by atoms with van der Waals surface area (Å²) in [5, 5.41) is 11.5. The Morgan fingerprint density at radius 3 is 2.65 bits per heavy atom. The van der Waals surface area contributed by atoms with Crippen LogP contribution in [0.2, 0.25) is 0 Å². The van der Waals surface area contributed by atoms with Gasteiger partial charge in [-0.05, 0) is 24.1 Å². The molecule has 0 spiro atoms. The van der Waals surface area contributed by atoms with Crippen LogP contribution in [0.15, 0.2) is 24.3 Å². The minimum Gasteiger partial charge on any atom is -0.395 e. The first kappa shape index (κ1) is 16.1. The van der Waals surface area contributed by atoms with E-state index < -0.39 is 0 Å². The molecule has 0 radical (unpaired) electrons. The van der Waals surface area contributed by atoms with Crippen LogP contribution in [-0.2, 0) is 6.54 Å². The highest BCUT2D eigenvalue weighted by Crippen LogP contribution is 2.06. The lowest BCUT2D eigenvalue weighted by Gasteiger charge is -2.17. The highest BCUT2D eigenvalue weighted by atomic mass is 16.2. The Bertz CT molecular complexity index is 471. The maximum Gasteiger partial charge on any atom is 0.317 e. The van der Waals surface area contributed by atoms with Gasteiger partial charge in [0.05, 0.1) is 6.61 Å². The molecule has 4 nitrogen and oxygen atoms in total. The summed E-state index contributed by atoms with van der Waals surface area (Å²) in [6, 6.07) is 7.73. The van der Waals surface area contributed by atoms with Gasteiger partial charge in [-0.15, -0.1) is 0 Å². The van der Waals surface area contributed by atoms with Crippen molar-refractivity contribution in [2.24, 2.45) is 0 Å². The molecule has 2 N–H and O–H groups in total. The monoisotopic (exact) mass is 274 g/mol. The first-order valence-electron chi connectivity index (χ1n) is 6.85. The highest BCUT2D eigenvalue weighted by molar-refractivity contribution is 5.73. The van der Waals surface area contributed by atoms with Crippen LogP contribution in [0.25, 0.3) is 0 Å². The quantitative estimate of drug-likeness (QED) is 0.807. The standard InChI is InChI=1S/C16H22N2O2/c1-3-11-17-16(20)18(2)13-15-9-7-14(8-10-15)6-4-5-12-19/h7-10,19H,3,5,11-13H2,1-2H3,(H,17,20). The molecule has 0 aliphatic rings. The Hall–Kier alpha value is -1.99. The summed E-state index contributed by atoms with van der Waals surface area (Å²) in [6.07, 6.45) is 1.42. The third kappa shape index (κ3) is 5.77. The van der Waals surface area contributed by atoms with Crippen LogP contribution in [0.1, 0.15) is 30.9 Å². The van der Waals surface area contributed by atoms with E-state index in [9.17, 15) is 4.79 Å². The van der Waals surface area contributed by atoms with E-state index in [-0.39, 0.29) is 12.6 Å². The maximum absolute atomic E-state index is 11.7. The number of amides is 2. The summed E-state index contributed by atoms with van der Waals surface area (Å²) < 4.78 is 0. The van der Waals surface area contributed by atoms with Gasteiger partial charge in [0.25, 0.3) is 0 Å². The molecule has 0 bridgehead atoms. The Kier molecular flexibility index (Phi) is 7.23. The number of nitrogens with one attached hydrogen (secondary N) is 1. The Labute approximate surface area is 120 Å². The van der Waals surface area contributed by atoms with Crippen molar-refractivity contribution in [3.05, 3.63) is 35.4 Å². The fraction of sp³-hybridized carbons (Fsp3) is 0.438. The molecule has 108 valence electrons. The van der Waals surface area contributed by atoms with E-state index in [1.54, 1.807) is 11.9 Å². The minimum absolute atomic E-state index is 0.0568. The topological polar surface area (TPSA) is 52.6 Å². The first-order chi connectivity index (χ1) is 9.67. The van der Waals surface area contributed by atoms with Crippen molar-refractivity contribution >= 4 is 6.03 Å². The molecular formula is C16H22N2O2. The fourth-order valence-electron chi connectivity index (χ4n) is 1.63. The van der Waals surface area contributed by atoms with Gasteiger partial charge >= 0.3 is 6.03 Å². The van der Waals surface area contributed by atoms with E-state index >= 15 is 0 Å². The second-order valence-corrected chi connectivity index (χ2v) is 4.56. The number of urea groups is 1. The average molecular weight is 274 g/mol. The van der Waals surface area contributed by atoms with Gasteiger partial charge in [0.1, 0.15) is 0 Å². The molecular weight excluding hydrogens is 252 g/mol. The molecule has 0 saturated carbocycles. The van der Waals surface area contributed by atoms with Crippen LogP contribution in [0.5, 0.6) is 0 Å². The van der Waals surface area contributed by atoms with Crippen molar-refractivity contribution in [3.63, 3.8) is 0 Å². The summed E-state index contributed by atoms with van der Waals surface area (Å²) in [6.45, 7) is 3.38. The zero-order chi connectivity index (χ0) is 14.8. The van der Waals surface area contributed by atoms with Gasteiger partial charge in [0.15, 0.2) is 0 Å². The summed E-state index contributed by atoms with van der Waals surface area (Å²) in [5.41, 5.74) is 1.98. The van der Waals surface area contributed by atoms with Crippen LogP contribution in [0, 0.1) is 11.8 Å². The molecule has 0 heterocycles. The smallest absolute Gasteiger partial charge is 0.317 e. The van der Waals surface area contributed by atoms with Crippen LogP contribution < -0.4 is 5.32 Å². The number of carbonyl (C=O) groups is 1. The van der Waals surface area contributed by atoms with Gasteiger partial charge in [0, 0.05) is 32.1 Å². The lowest BCUT2D eigenvalue weighted by atomic mass is 10.1. The predicted octanol–water partition coefficient (Wildman–Crippen LogP) is 1.97. The van der Waals surface area contributed by atoms with Gasteiger partial charge < -0.3 is 15.3 Å². The number of nitrogens with zero attached hydrogens (tertiary/aromatic N) is 1. The molecule has 2 amide bonds. The first-order valence-corrected chi connectivity index (χ1v) is 6.85. The Balaban J connectivity index is 2.53. The second kappa shape index (κ2) is 9.00. The molecule has 4 heteroatoms. The van der Waals surface area contributed by atoms with Crippen LogP contribution in [0.3, 0.4) is 0 Å². The molecule has 0 fully saturated rings. The highest BCUT2D eigenvalue weighted by Gasteiger charge is 2.07. The zero-order valence-electron chi connectivity index (χ0n) is 12.1. The van der Waals surface area contributed by atoms with Crippen molar-refractivity contribution < 1.29 is 9.90 Å². The van der Waals surface area contributed by atoms with E-state index in [4.69, 9.17) is 5.11 Å². The van der Waals surface area contributed by atoms with E-state index in [0.29, 0.717) is 19.5 Å². The molecule has 0 unspecified atom stereocenters. The van der Waals surface area contributed by atoms with Gasteiger partial charge in [-0.3, -0.25) is 0 Å². The number of aliphatic hydroxyl groups excluding tert-OH is 1.